The van der Waals surface area contributed by atoms with Crippen molar-refractivity contribution in [2.24, 2.45) is 11.1 Å². The summed E-state index contributed by atoms with van der Waals surface area (Å²) in [6.45, 7) is 0.482. The van der Waals surface area contributed by atoms with Gasteiger partial charge in [-0.05, 0) is 30.5 Å². The Hall–Kier alpha value is -1.35. The van der Waals surface area contributed by atoms with E-state index < -0.39 is 0 Å². The summed E-state index contributed by atoms with van der Waals surface area (Å²) in [6, 6.07) is 7.71. The highest BCUT2D eigenvalue weighted by Gasteiger charge is 2.39. The molecule has 1 fully saturated rings. The van der Waals surface area contributed by atoms with Crippen molar-refractivity contribution in [1.82, 2.24) is 0 Å². The Bertz CT molecular complexity index is 422. The number of ether oxygens (including phenoxy) is 1. The molecule has 18 heavy (non-hydrogen) atoms. The number of hydrogen-bond acceptors (Lipinski definition) is 3. The van der Waals surface area contributed by atoms with Crippen molar-refractivity contribution in [2.45, 2.75) is 32.1 Å². The molecule has 0 aliphatic heterocycles. The lowest BCUT2D eigenvalue weighted by Gasteiger charge is -2.25. The first-order chi connectivity index (χ1) is 8.70. The highest BCUT2D eigenvalue weighted by atomic mass is 16.5. The average Bonchev–Trinajstić information content (AvgIpc) is 2.89. The van der Waals surface area contributed by atoms with Crippen LogP contribution in [0.1, 0.15) is 31.2 Å². The van der Waals surface area contributed by atoms with Crippen LogP contribution < -0.4 is 10.5 Å². The fourth-order valence-corrected chi connectivity index (χ4v) is 2.80. The number of rotatable bonds is 5. The van der Waals surface area contributed by atoms with Gasteiger partial charge in [-0.15, -0.1) is 0 Å². The number of Topliss-reactive ketones (excluding diaryl/α,β-unsaturated/α-hetero) is 1. The van der Waals surface area contributed by atoms with Crippen LogP contribution in [0.3, 0.4) is 0 Å². The van der Waals surface area contributed by atoms with Crippen LogP contribution in [0, 0.1) is 5.41 Å². The lowest BCUT2D eigenvalue weighted by atomic mass is 9.79. The van der Waals surface area contributed by atoms with Gasteiger partial charge in [0, 0.05) is 18.4 Å². The van der Waals surface area contributed by atoms with E-state index >= 15 is 0 Å². The van der Waals surface area contributed by atoms with Crippen molar-refractivity contribution in [3.05, 3.63) is 29.8 Å². The quantitative estimate of drug-likeness (QED) is 0.868. The third-order valence-corrected chi connectivity index (χ3v) is 4.04. The van der Waals surface area contributed by atoms with Crippen LogP contribution in [0.5, 0.6) is 5.75 Å². The molecular weight excluding hydrogens is 226 g/mol. The molecule has 2 N–H and O–H groups in total. The molecule has 0 radical (unpaired) electrons. The fraction of sp³-hybridized carbons (Fsp3) is 0.533. The zero-order valence-electron chi connectivity index (χ0n) is 10.9. The molecule has 1 aliphatic rings. The van der Waals surface area contributed by atoms with Crippen LogP contribution in [0.15, 0.2) is 24.3 Å². The number of benzene rings is 1. The van der Waals surface area contributed by atoms with Crippen LogP contribution in [0.25, 0.3) is 0 Å². The minimum atomic E-state index is -0.261. The molecule has 2 rings (SSSR count). The summed E-state index contributed by atoms with van der Waals surface area (Å²) >= 11 is 0. The van der Waals surface area contributed by atoms with E-state index in [4.69, 9.17) is 10.5 Å². The summed E-state index contributed by atoms with van der Waals surface area (Å²) in [7, 11) is 1.64. The number of carbonyl (C=O) groups excluding carboxylic acids is 1. The number of carbonyl (C=O) groups is 1. The van der Waals surface area contributed by atoms with Gasteiger partial charge >= 0.3 is 0 Å². The molecule has 1 saturated carbocycles. The summed E-state index contributed by atoms with van der Waals surface area (Å²) in [6.07, 6.45) is 4.62. The molecule has 1 aromatic carbocycles. The van der Waals surface area contributed by atoms with Crippen LogP contribution in [0.2, 0.25) is 0 Å². The zero-order chi connectivity index (χ0) is 13.0. The van der Waals surface area contributed by atoms with Crippen molar-refractivity contribution in [3.8, 4) is 5.75 Å². The van der Waals surface area contributed by atoms with Gasteiger partial charge in [0.2, 0.25) is 0 Å². The Balaban J connectivity index is 2.10. The Kier molecular flexibility index (Phi) is 4.02. The van der Waals surface area contributed by atoms with E-state index in [9.17, 15) is 4.79 Å². The predicted molar refractivity (Wildman–Crippen MR) is 71.7 cm³/mol. The molecule has 1 aromatic rings. The molecule has 98 valence electrons. The largest absolute Gasteiger partial charge is 0.497 e. The molecule has 0 atom stereocenters. The van der Waals surface area contributed by atoms with Gasteiger partial charge in [0.1, 0.15) is 11.5 Å². The molecule has 0 aromatic heterocycles. The summed E-state index contributed by atoms with van der Waals surface area (Å²) in [5.74, 6) is 1.09. The van der Waals surface area contributed by atoms with Gasteiger partial charge in [0.25, 0.3) is 0 Å². The van der Waals surface area contributed by atoms with Gasteiger partial charge in [-0.2, -0.15) is 0 Å². The van der Waals surface area contributed by atoms with Gasteiger partial charge in [-0.1, -0.05) is 25.0 Å². The minimum Gasteiger partial charge on any atom is -0.497 e. The van der Waals surface area contributed by atoms with Crippen LogP contribution >= 0.6 is 0 Å². The molecule has 0 saturated heterocycles. The highest BCUT2D eigenvalue weighted by Crippen LogP contribution is 2.38. The monoisotopic (exact) mass is 247 g/mol. The van der Waals surface area contributed by atoms with Crippen molar-refractivity contribution in [1.29, 1.82) is 0 Å². The van der Waals surface area contributed by atoms with Crippen LogP contribution in [0.4, 0.5) is 0 Å². The van der Waals surface area contributed by atoms with Crippen molar-refractivity contribution >= 4 is 5.78 Å². The Labute approximate surface area is 108 Å². The topological polar surface area (TPSA) is 52.3 Å². The first kappa shape index (κ1) is 13.1. The Morgan fingerprint density at radius 1 is 1.39 bits per heavy atom. The second kappa shape index (κ2) is 5.53. The van der Waals surface area contributed by atoms with Crippen molar-refractivity contribution in [2.75, 3.05) is 13.7 Å². The summed E-state index contributed by atoms with van der Waals surface area (Å²) in [4.78, 5) is 12.4. The lowest BCUT2D eigenvalue weighted by Crippen LogP contribution is -2.37. The van der Waals surface area contributed by atoms with E-state index in [0.29, 0.717) is 13.0 Å². The highest BCUT2D eigenvalue weighted by molar-refractivity contribution is 5.87. The average molecular weight is 247 g/mol. The SMILES string of the molecule is COc1cccc(CC(=O)C2(CN)CCCC2)c1. The number of ketones is 1. The standard InChI is InChI=1S/C15H21NO2/c1-18-13-6-4-5-12(9-13)10-14(17)15(11-16)7-2-3-8-15/h4-6,9H,2-3,7-8,10-11,16H2,1H3. The van der Waals surface area contributed by atoms with Crippen LogP contribution in [-0.4, -0.2) is 19.4 Å². The molecule has 0 amide bonds. The lowest BCUT2D eigenvalue weighted by molar-refractivity contribution is -0.127. The summed E-state index contributed by atoms with van der Waals surface area (Å²) in [5.41, 5.74) is 6.59. The molecule has 3 nitrogen and oxygen atoms in total. The van der Waals surface area contributed by atoms with Gasteiger partial charge in [-0.3, -0.25) is 4.79 Å². The molecule has 0 bridgehead atoms. The van der Waals surface area contributed by atoms with E-state index in [2.05, 4.69) is 0 Å². The second-order valence-electron chi connectivity index (χ2n) is 5.14. The maximum Gasteiger partial charge on any atom is 0.144 e. The third-order valence-electron chi connectivity index (χ3n) is 4.04. The van der Waals surface area contributed by atoms with Gasteiger partial charge in [0.15, 0.2) is 0 Å². The summed E-state index contributed by atoms with van der Waals surface area (Å²) in [5, 5.41) is 0. The van der Waals surface area contributed by atoms with E-state index in [0.717, 1.165) is 37.0 Å². The molecule has 0 spiro atoms. The summed E-state index contributed by atoms with van der Waals surface area (Å²) < 4.78 is 5.18. The van der Waals surface area contributed by atoms with Gasteiger partial charge < -0.3 is 10.5 Å². The first-order valence-electron chi connectivity index (χ1n) is 6.56. The van der Waals surface area contributed by atoms with E-state index in [-0.39, 0.29) is 11.2 Å². The maximum atomic E-state index is 12.4. The first-order valence-corrected chi connectivity index (χ1v) is 6.56. The van der Waals surface area contributed by atoms with E-state index in [1.54, 1.807) is 7.11 Å². The van der Waals surface area contributed by atoms with Crippen LogP contribution in [-0.2, 0) is 11.2 Å². The predicted octanol–water partition coefficient (Wildman–Crippen LogP) is 2.33. The Morgan fingerprint density at radius 3 is 2.72 bits per heavy atom. The minimum absolute atomic E-state index is 0.261. The van der Waals surface area contributed by atoms with Gasteiger partial charge in [0.05, 0.1) is 7.11 Å². The maximum absolute atomic E-state index is 12.4. The number of methoxy groups -OCH3 is 1. The smallest absolute Gasteiger partial charge is 0.144 e. The molecule has 3 heteroatoms. The molecule has 0 heterocycles. The number of nitrogens with two attached hydrogens (primary N) is 1. The van der Waals surface area contributed by atoms with Crippen molar-refractivity contribution in [3.63, 3.8) is 0 Å². The molecule has 0 unspecified atom stereocenters. The van der Waals surface area contributed by atoms with Gasteiger partial charge in [-0.25, -0.2) is 0 Å². The Morgan fingerprint density at radius 2 is 2.11 bits per heavy atom. The number of hydrogen-bond donors (Lipinski definition) is 1. The van der Waals surface area contributed by atoms with E-state index in [1.165, 1.54) is 0 Å². The fourth-order valence-electron chi connectivity index (χ4n) is 2.80. The molecular formula is C15H21NO2. The third kappa shape index (κ3) is 2.56. The second-order valence-corrected chi connectivity index (χ2v) is 5.14. The van der Waals surface area contributed by atoms with Crippen molar-refractivity contribution < 1.29 is 9.53 Å². The zero-order valence-corrected chi connectivity index (χ0v) is 10.9. The molecule has 1 aliphatic carbocycles. The van der Waals surface area contributed by atoms with E-state index in [1.807, 2.05) is 24.3 Å². The normalized spacial score (nSPS) is 17.7.